The van der Waals surface area contributed by atoms with Crippen molar-refractivity contribution in [2.45, 2.75) is 19.5 Å². The van der Waals surface area contributed by atoms with Crippen molar-refractivity contribution < 1.29 is 17.9 Å². The summed E-state index contributed by atoms with van der Waals surface area (Å²) in [7, 11) is -0.496. The molecule has 0 spiro atoms. The van der Waals surface area contributed by atoms with Crippen LogP contribution in [0.2, 0.25) is 5.02 Å². The van der Waals surface area contributed by atoms with Crippen LogP contribution in [0.1, 0.15) is 12.5 Å². The van der Waals surface area contributed by atoms with E-state index in [1.165, 1.54) is 12.0 Å². The van der Waals surface area contributed by atoms with Crippen molar-refractivity contribution in [1.82, 2.24) is 4.90 Å². The summed E-state index contributed by atoms with van der Waals surface area (Å²) < 4.78 is 30.9. The number of hydrogen-bond donors (Lipinski definition) is 0. The van der Waals surface area contributed by atoms with Crippen molar-refractivity contribution in [3.8, 4) is 5.75 Å². The standard InChI is InChI=1S/C19H23ClN2O4S/c1-14(19(23)21(2)13-15-5-7-16(20)8-6-15)22(27(4,24)25)17-9-11-18(26-3)12-10-17/h5-12,14H,13H2,1-4H3/t14-/m0/s1. The lowest BCUT2D eigenvalue weighted by Crippen LogP contribution is -2.48. The lowest BCUT2D eigenvalue weighted by atomic mass is 10.2. The first-order valence-electron chi connectivity index (χ1n) is 8.26. The van der Waals surface area contributed by atoms with Crippen LogP contribution in [-0.2, 0) is 21.4 Å². The molecule has 1 atom stereocenters. The Hall–Kier alpha value is -2.25. The highest BCUT2D eigenvalue weighted by Gasteiger charge is 2.31. The van der Waals surface area contributed by atoms with Crippen LogP contribution >= 0.6 is 11.6 Å². The quantitative estimate of drug-likeness (QED) is 0.703. The number of rotatable bonds is 7. The second-order valence-electron chi connectivity index (χ2n) is 6.25. The van der Waals surface area contributed by atoms with E-state index in [2.05, 4.69) is 0 Å². The van der Waals surface area contributed by atoms with E-state index in [-0.39, 0.29) is 5.91 Å². The molecule has 2 rings (SSSR count). The van der Waals surface area contributed by atoms with Gasteiger partial charge in [-0.05, 0) is 48.9 Å². The second-order valence-corrected chi connectivity index (χ2v) is 8.55. The van der Waals surface area contributed by atoms with Gasteiger partial charge in [0.15, 0.2) is 0 Å². The van der Waals surface area contributed by atoms with Gasteiger partial charge in [-0.25, -0.2) is 8.42 Å². The van der Waals surface area contributed by atoms with Gasteiger partial charge in [0, 0.05) is 18.6 Å². The van der Waals surface area contributed by atoms with Crippen LogP contribution in [0.25, 0.3) is 0 Å². The van der Waals surface area contributed by atoms with Crippen LogP contribution in [0.3, 0.4) is 0 Å². The van der Waals surface area contributed by atoms with E-state index < -0.39 is 16.1 Å². The Morgan fingerprint density at radius 1 is 1.11 bits per heavy atom. The Kier molecular flexibility index (Phi) is 6.73. The summed E-state index contributed by atoms with van der Waals surface area (Å²) in [6, 6.07) is 12.8. The normalized spacial score (nSPS) is 12.3. The van der Waals surface area contributed by atoms with E-state index in [1.54, 1.807) is 50.4 Å². The minimum Gasteiger partial charge on any atom is -0.497 e. The van der Waals surface area contributed by atoms with Crippen LogP contribution in [0.15, 0.2) is 48.5 Å². The SMILES string of the molecule is COc1ccc(N([C@@H](C)C(=O)N(C)Cc2ccc(Cl)cc2)S(C)(=O)=O)cc1. The first-order chi connectivity index (χ1) is 12.6. The molecule has 0 fully saturated rings. The van der Waals surface area contributed by atoms with Crippen LogP contribution in [0.4, 0.5) is 5.69 Å². The van der Waals surface area contributed by atoms with Crippen molar-refractivity contribution in [1.29, 1.82) is 0 Å². The molecule has 0 bridgehead atoms. The maximum atomic E-state index is 12.9. The Morgan fingerprint density at radius 2 is 1.67 bits per heavy atom. The van der Waals surface area contributed by atoms with E-state index in [9.17, 15) is 13.2 Å². The topological polar surface area (TPSA) is 66.9 Å². The molecule has 0 aliphatic carbocycles. The lowest BCUT2D eigenvalue weighted by molar-refractivity contribution is -0.131. The maximum absolute atomic E-state index is 12.9. The summed E-state index contributed by atoms with van der Waals surface area (Å²) in [5.74, 6) is 0.289. The van der Waals surface area contributed by atoms with Gasteiger partial charge in [-0.2, -0.15) is 0 Å². The molecule has 0 N–H and O–H groups in total. The molecule has 2 aromatic carbocycles. The molecule has 0 unspecified atom stereocenters. The summed E-state index contributed by atoms with van der Waals surface area (Å²) in [5.41, 5.74) is 1.30. The number of ether oxygens (including phenoxy) is 1. The van der Waals surface area contributed by atoms with E-state index >= 15 is 0 Å². The monoisotopic (exact) mass is 410 g/mol. The summed E-state index contributed by atoms with van der Waals surface area (Å²) >= 11 is 5.88. The Balaban J connectivity index is 2.24. The fourth-order valence-corrected chi connectivity index (χ4v) is 4.09. The van der Waals surface area contributed by atoms with Gasteiger partial charge in [0.25, 0.3) is 0 Å². The Labute approximate surface area is 165 Å². The Bertz CT molecular complexity index is 883. The van der Waals surface area contributed by atoms with E-state index in [1.807, 2.05) is 12.1 Å². The number of benzene rings is 2. The molecule has 0 saturated carbocycles. The highest BCUT2D eigenvalue weighted by molar-refractivity contribution is 7.92. The number of amides is 1. The smallest absolute Gasteiger partial charge is 0.246 e. The van der Waals surface area contributed by atoms with E-state index in [0.29, 0.717) is 23.0 Å². The van der Waals surface area contributed by atoms with Crippen LogP contribution in [0.5, 0.6) is 5.75 Å². The third-order valence-electron chi connectivity index (χ3n) is 4.10. The van der Waals surface area contributed by atoms with Crippen molar-refractivity contribution in [3.05, 3.63) is 59.1 Å². The number of hydrogen-bond acceptors (Lipinski definition) is 4. The number of sulfonamides is 1. The third kappa shape index (κ3) is 5.37. The van der Waals surface area contributed by atoms with Crippen LogP contribution < -0.4 is 9.04 Å². The molecule has 27 heavy (non-hydrogen) atoms. The van der Waals surface area contributed by atoms with Crippen molar-refractivity contribution >= 4 is 33.2 Å². The summed E-state index contributed by atoms with van der Waals surface area (Å²) in [4.78, 5) is 14.4. The van der Waals surface area contributed by atoms with Gasteiger partial charge < -0.3 is 9.64 Å². The summed E-state index contributed by atoms with van der Waals surface area (Å²) in [5, 5.41) is 0.615. The van der Waals surface area contributed by atoms with Gasteiger partial charge in [0.1, 0.15) is 11.8 Å². The van der Waals surface area contributed by atoms with Crippen molar-refractivity contribution in [3.63, 3.8) is 0 Å². The molecule has 0 heterocycles. The molecular weight excluding hydrogens is 388 g/mol. The molecule has 6 nitrogen and oxygen atoms in total. The van der Waals surface area contributed by atoms with Crippen molar-refractivity contribution in [2.24, 2.45) is 0 Å². The zero-order valence-corrected chi connectivity index (χ0v) is 17.3. The number of methoxy groups -OCH3 is 1. The minimum atomic E-state index is -3.67. The fraction of sp³-hybridized carbons (Fsp3) is 0.316. The highest BCUT2D eigenvalue weighted by Crippen LogP contribution is 2.24. The molecule has 0 saturated heterocycles. The number of carbonyl (C=O) groups is 1. The number of nitrogens with zero attached hydrogens (tertiary/aromatic N) is 2. The third-order valence-corrected chi connectivity index (χ3v) is 5.60. The minimum absolute atomic E-state index is 0.314. The molecule has 146 valence electrons. The van der Waals surface area contributed by atoms with Gasteiger partial charge in [-0.15, -0.1) is 0 Å². The molecule has 2 aromatic rings. The summed E-state index contributed by atoms with van der Waals surface area (Å²) in [6.45, 7) is 1.92. The second kappa shape index (κ2) is 8.63. The van der Waals surface area contributed by atoms with E-state index in [4.69, 9.17) is 16.3 Å². The van der Waals surface area contributed by atoms with Crippen LogP contribution in [-0.4, -0.2) is 45.7 Å². The predicted molar refractivity (Wildman–Crippen MR) is 108 cm³/mol. The average molecular weight is 411 g/mol. The number of likely N-dealkylation sites (N-methyl/N-ethyl adjacent to an activating group) is 1. The molecular formula is C19H23ClN2O4S. The average Bonchev–Trinajstić information content (AvgIpc) is 2.62. The lowest BCUT2D eigenvalue weighted by Gasteiger charge is -2.31. The molecule has 0 aliphatic rings. The first-order valence-corrected chi connectivity index (χ1v) is 10.5. The first kappa shape index (κ1) is 21.1. The number of carbonyl (C=O) groups excluding carboxylic acids is 1. The largest absolute Gasteiger partial charge is 0.497 e. The summed E-state index contributed by atoms with van der Waals surface area (Å²) in [6.07, 6.45) is 1.08. The van der Waals surface area contributed by atoms with Crippen LogP contribution in [0, 0.1) is 0 Å². The van der Waals surface area contributed by atoms with Gasteiger partial charge >= 0.3 is 0 Å². The number of halogens is 1. The predicted octanol–water partition coefficient (Wildman–Crippen LogP) is 3.16. The molecule has 0 radical (unpaired) electrons. The Morgan fingerprint density at radius 3 is 2.15 bits per heavy atom. The molecule has 0 aliphatic heterocycles. The van der Waals surface area contributed by atoms with Gasteiger partial charge in [0.05, 0.1) is 19.1 Å². The van der Waals surface area contributed by atoms with E-state index in [0.717, 1.165) is 16.1 Å². The zero-order valence-electron chi connectivity index (χ0n) is 15.7. The molecule has 0 aromatic heterocycles. The zero-order chi connectivity index (χ0) is 20.2. The van der Waals surface area contributed by atoms with Gasteiger partial charge in [0.2, 0.25) is 15.9 Å². The maximum Gasteiger partial charge on any atom is 0.246 e. The van der Waals surface area contributed by atoms with Crippen molar-refractivity contribution in [2.75, 3.05) is 24.7 Å². The number of anilines is 1. The van der Waals surface area contributed by atoms with Gasteiger partial charge in [-0.1, -0.05) is 23.7 Å². The molecule has 1 amide bonds. The highest BCUT2D eigenvalue weighted by atomic mass is 35.5. The molecule has 8 heteroatoms. The van der Waals surface area contributed by atoms with Gasteiger partial charge in [-0.3, -0.25) is 9.10 Å². The fourth-order valence-electron chi connectivity index (χ4n) is 2.79.